The van der Waals surface area contributed by atoms with Gasteiger partial charge in [0.15, 0.2) is 9.84 Å². The molecule has 0 saturated carbocycles. The van der Waals surface area contributed by atoms with Crippen molar-refractivity contribution in [2.75, 3.05) is 24.7 Å². The number of ether oxygens (including phenoxy) is 1. The van der Waals surface area contributed by atoms with Crippen LogP contribution in [0, 0.1) is 0 Å². The van der Waals surface area contributed by atoms with Crippen LogP contribution in [0.5, 0.6) is 0 Å². The lowest BCUT2D eigenvalue weighted by Gasteiger charge is -2.00. The standard InChI is InChI=1S/C6H12O5S/c1-2-11-3-4-12(9,10)5-6(7)8/h2-5H2,1H3,(H,7,8). The van der Waals surface area contributed by atoms with Crippen LogP contribution in [0.15, 0.2) is 0 Å². The fraction of sp³-hybridized carbons (Fsp3) is 0.833. The molecule has 0 fully saturated rings. The Kier molecular flexibility index (Phi) is 4.84. The summed E-state index contributed by atoms with van der Waals surface area (Å²) in [4.78, 5) is 10.0. The second-order valence-electron chi connectivity index (χ2n) is 2.18. The maximum atomic E-state index is 10.9. The molecular weight excluding hydrogens is 184 g/mol. The number of hydrogen-bond acceptors (Lipinski definition) is 4. The van der Waals surface area contributed by atoms with Gasteiger partial charge in [0.25, 0.3) is 0 Å². The molecule has 0 saturated heterocycles. The zero-order valence-electron chi connectivity index (χ0n) is 6.82. The Morgan fingerprint density at radius 3 is 2.50 bits per heavy atom. The highest BCUT2D eigenvalue weighted by Crippen LogP contribution is 1.90. The molecule has 0 aliphatic carbocycles. The van der Waals surface area contributed by atoms with Gasteiger partial charge in [-0.1, -0.05) is 0 Å². The molecule has 0 heterocycles. The number of rotatable bonds is 6. The first-order chi connectivity index (χ1) is 5.48. The second kappa shape index (κ2) is 5.10. The first kappa shape index (κ1) is 11.4. The smallest absolute Gasteiger partial charge is 0.318 e. The van der Waals surface area contributed by atoms with Gasteiger partial charge in [0, 0.05) is 6.61 Å². The molecule has 72 valence electrons. The van der Waals surface area contributed by atoms with E-state index in [-0.39, 0.29) is 12.4 Å². The third-order valence-corrected chi connectivity index (χ3v) is 2.56. The number of aliphatic carboxylic acids is 1. The first-order valence-electron chi connectivity index (χ1n) is 3.48. The Bertz CT molecular complexity index is 230. The van der Waals surface area contributed by atoms with Crippen molar-refractivity contribution >= 4 is 15.8 Å². The predicted octanol–water partition coefficient (Wildman–Crippen LogP) is -0.478. The molecule has 0 aliphatic heterocycles. The Balaban J connectivity index is 3.81. The van der Waals surface area contributed by atoms with Gasteiger partial charge in [-0.3, -0.25) is 4.79 Å². The fourth-order valence-electron chi connectivity index (χ4n) is 0.591. The van der Waals surface area contributed by atoms with Crippen LogP contribution in [0.25, 0.3) is 0 Å². The van der Waals surface area contributed by atoms with Crippen molar-refractivity contribution in [2.24, 2.45) is 0 Å². The summed E-state index contributed by atoms with van der Waals surface area (Å²) in [6.45, 7) is 2.23. The normalized spacial score (nSPS) is 11.4. The third-order valence-electron chi connectivity index (χ3n) is 1.09. The highest BCUT2D eigenvalue weighted by Gasteiger charge is 2.14. The minimum absolute atomic E-state index is 0.0616. The van der Waals surface area contributed by atoms with Crippen molar-refractivity contribution in [3.63, 3.8) is 0 Å². The molecule has 0 unspecified atom stereocenters. The molecule has 0 radical (unpaired) electrons. The minimum atomic E-state index is -3.48. The summed E-state index contributed by atoms with van der Waals surface area (Å²) in [7, 11) is -3.48. The molecule has 0 aromatic heterocycles. The average molecular weight is 196 g/mol. The van der Waals surface area contributed by atoms with E-state index >= 15 is 0 Å². The van der Waals surface area contributed by atoms with E-state index < -0.39 is 21.6 Å². The van der Waals surface area contributed by atoms with E-state index in [1.165, 1.54) is 0 Å². The van der Waals surface area contributed by atoms with Gasteiger partial charge >= 0.3 is 5.97 Å². The van der Waals surface area contributed by atoms with Crippen LogP contribution in [0.3, 0.4) is 0 Å². The van der Waals surface area contributed by atoms with Crippen LogP contribution in [0.4, 0.5) is 0 Å². The first-order valence-corrected chi connectivity index (χ1v) is 5.30. The average Bonchev–Trinajstić information content (AvgIpc) is 1.84. The Morgan fingerprint density at radius 1 is 1.50 bits per heavy atom. The third kappa shape index (κ3) is 6.11. The highest BCUT2D eigenvalue weighted by molar-refractivity contribution is 7.92. The van der Waals surface area contributed by atoms with E-state index in [1.54, 1.807) is 6.92 Å². The largest absolute Gasteiger partial charge is 0.480 e. The van der Waals surface area contributed by atoms with Crippen LogP contribution in [0.1, 0.15) is 6.92 Å². The van der Waals surface area contributed by atoms with Gasteiger partial charge in [0.1, 0.15) is 5.75 Å². The SMILES string of the molecule is CCOCCS(=O)(=O)CC(=O)O. The topological polar surface area (TPSA) is 80.7 Å². The maximum absolute atomic E-state index is 10.9. The molecule has 0 rings (SSSR count). The molecule has 0 spiro atoms. The highest BCUT2D eigenvalue weighted by atomic mass is 32.2. The van der Waals surface area contributed by atoms with Gasteiger partial charge in [-0.2, -0.15) is 0 Å². The van der Waals surface area contributed by atoms with Crippen LogP contribution >= 0.6 is 0 Å². The van der Waals surface area contributed by atoms with Crippen LogP contribution in [0.2, 0.25) is 0 Å². The van der Waals surface area contributed by atoms with Gasteiger partial charge in [0.2, 0.25) is 0 Å². The van der Waals surface area contributed by atoms with Crippen LogP contribution < -0.4 is 0 Å². The van der Waals surface area contributed by atoms with Crippen LogP contribution in [-0.2, 0) is 19.4 Å². The monoisotopic (exact) mass is 196 g/mol. The number of carboxylic acid groups (broad SMARTS) is 1. The summed E-state index contributed by atoms with van der Waals surface area (Å²) in [5.74, 6) is -2.38. The number of carbonyl (C=O) groups is 1. The molecule has 12 heavy (non-hydrogen) atoms. The maximum Gasteiger partial charge on any atom is 0.318 e. The molecule has 0 aromatic carbocycles. The Labute approximate surface area is 71.3 Å². The lowest BCUT2D eigenvalue weighted by atomic mass is 10.8. The van der Waals surface area contributed by atoms with Crippen molar-refractivity contribution < 1.29 is 23.1 Å². The van der Waals surface area contributed by atoms with E-state index in [1.807, 2.05) is 0 Å². The fourth-order valence-corrected chi connectivity index (χ4v) is 1.48. The van der Waals surface area contributed by atoms with Crippen molar-refractivity contribution in [1.82, 2.24) is 0 Å². The molecule has 6 heteroatoms. The van der Waals surface area contributed by atoms with Gasteiger partial charge in [-0.25, -0.2) is 8.42 Å². The van der Waals surface area contributed by atoms with Gasteiger partial charge in [-0.05, 0) is 6.92 Å². The molecule has 1 N–H and O–H groups in total. The Morgan fingerprint density at radius 2 is 2.08 bits per heavy atom. The molecule has 5 nitrogen and oxygen atoms in total. The van der Waals surface area contributed by atoms with Crippen molar-refractivity contribution in [3.8, 4) is 0 Å². The van der Waals surface area contributed by atoms with Crippen LogP contribution in [-0.4, -0.2) is 44.2 Å². The molecule has 0 atom stereocenters. The zero-order chi connectivity index (χ0) is 9.61. The lowest BCUT2D eigenvalue weighted by molar-refractivity contribution is -0.134. The van der Waals surface area contributed by atoms with E-state index in [4.69, 9.17) is 9.84 Å². The summed E-state index contributed by atoms with van der Waals surface area (Å²) < 4.78 is 26.5. The quantitative estimate of drug-likeness (QED) is 0.580. The molecule has 0 aromatic rings. The van der Waals surface area contributed by atoms with Gasteiger partial charge in [0.05, 0.1) is 12.4 Å². The van der Waals surface area contributed by atoms with Gasteiger partial charge in [-0.15, -0.1) is 0 Å². The number of sulfone groups is 1. The van der Waals surface area contributed by atoms with Crippen molar-refractivity contribution in [2.45, 2.75) is 6.92 Å². The molecule has 0 aliphatic rings. The van der Waals surface area contributed by atoms with E-state index in [2.05, 4.69) is 0 Å². The zero-order valence-corrected chi connectivity index (χ0v) is 7.63. The summed E-state index contributed by atoms with van der Waals surface area (Å²) in [6, 6.07) is 0. The second-order valence-corrected chi connectivity index (χ2v) is 4.37. The van der Waals surface area contributed by atoms with E-state index in [0.717, 1.165) is 0 Å². The van der Waals surface area contributed by atoms with E-state index in [9.17, 15) is 13.2 Å². The molecule has 0 amide bonds. The van der Waals surface area contributed by atoms with Crippen molar-refractivity contribution in [1.29, 1.82) is 0 Å². The lowest BCUT2D eigenvalue weighted by Crippen LogP contribution is -2.21. The molecular formula is C6H12O5S. The summed E-state index contributed by atoms with van der Waals surface area (Å²) in [5.41, 5.74) is 0. The molecule has 0 bridgehead atoms. The van der Waals surface area contributed by atoms with E-state index in [0.29, 0.717) is 6.61 Å². The predicted molar refractivity (Wildman–Crippen MR) is 42.8 cm³/mol. The summed E-state index contributed by atoms with van der Waals surface area (Å²) in [6.07, 6.45) is 0. The Hall–Kier alpha value is -0.620. The summed E-state index contributed by atoms with van der Waals surface area (Å²) in [5, 5.41) is 8.19. The minimum Gasteiger partial charge on any atom is -0.480 e. The number of carboxylic acids is 1. The number of hydrogen-bond donors (Lipinski definition) is 1. The van der Waals surface area contributed by atoms with Crippen molar-refractivity contribution in [3.05, 3.63) is 0 Å². The van der Waals surface area contributed by atoms with Gasteiger partial charge < -0.3 is 9.84 Å². The summed E-state index contributed by atoms with van der Waals surface area (Å²) >= 11 is 0.